The third-order valence-electron chi connectivity index (χ3n) is 7.62. The molecular formula is C27H38N8O. The van der Waals surface area contributed by atoms with Gasteiger partial charge in [-0.25, -0.2) is 0 Å². The van der Waals surface area contributed by atoms with E-state index in [1.807, 2.05) is 19.1 Å². The summed E-state index contributed by atoms with van der Waals surface area (Å²) < 4.78 is 1.78. The minimum Gasteiger partial charge on any atom is -0.369 e. The number of benzene rings is 1. The summed E-state index contributed by atoms with van der Waals surface area (Å²) in [5, 5.41) is 16.0. The molecule has 1 amide bonds. The van der Waals surface area contributed by atoms with Crippen molar-refractivity contribution < 1.29 is 4.79 Å². The van der Waals surface area contributed by atoms with Crippen LogP contribution in [-0.2, 0) is 4.79 Å². The number of aromatic nitrogens is 4. The molecule has 2 aliphatic rings. The summed E-state index contributed by atoms with van der Waals surface area (Å²) in [7, 11) is 0. The lowest BCUT2D eigenvalue weighted by atomic mass is 9.96. The topological polar surface area (TPSA) is 81.9 Å². The van der Waals surface area contributed by atoms with Crippen LogP contribution in [0.2, 0.25) is 0 Å². The van der Waals surface area contributed by atoms with Crippen molar-refractivity contribution in [2.75, 3.05) is 62.2 Å². The monoisotopic (exact) mass is 490 g/mol. The molecule has 2 saturated heterocycles. The second kappa shape index (κ2) is 10.8. The number of rotatable bonds is 7. The van der Waals surface area contributed by atoms with Crippen LogP contribution >= 0.6 is 0 Å². The molecule has 0 radical (unpaired) electrons. The molecule has 2 aliphatic heterocycles. The highest BCUT2D eigenvalue weighted by atomic mass is 16.1. The Morgan fingerprint density at radius 2 is 1.72 bits per heavy atom. The van der Waals surface area contributed by atoms with Crippen molar-refractivity contribution in [2.45, 2.75) is 40.0 Å². The molecule has 0 unspecified atom stereocenters. The first-order chi connectivity index (χ1) is 17.5. The Bertz CT molecular complexity index is 1190. The molecular weight excluding hydrogens is 452 g/mol. The number of nitrogens with zero attached hydrogens (tertiary/aromatic N) is 7. The number of hydrogen-bond donors (Lipinski definition) is 1. The molecule has 36 heavy (non-hydrogen) atoms. The highest BCUT2D eigenvalue weighted by Gasteiger charge is 2.26. The largest absolute Gasteiger partial charge is 0.369 e. The molecule has 0 saturated carbocycles. The highest BCUT2D eigenvalue weighted by Crippen LogP contribution is 2.24. The van der Waals surface area contributed by atoms with Gasteiger partial charge < -0.3 is 15.1 Å². The number of aryl methyl sites for hydroxylation is 3. The van der Waals surface area contributed by atoms with Crippen LogP contribution in [-0.4, -0.2) is 83.0 Å². The van der Waals surface area contributed by atoms with E-state index >= 15 is 0 Å². The van der Waals surface area contributed by atoms with Crippen molar-refractivity contribution in [1.29, 1.82) is 0 Å². The number of piperazine rings is 1. The number of fused-ring (bicyclic) bond motifs is 1. The molecule has 0 bridgehead atoms. The lowest BCUT2D eigenvalue weighted by Gasteiger charge is -2.37. The zero-order chi connectivity index (χ0) is 25.1. The Labute approximate surface area is 213 Å². The molecule has 5 rings (SSSR count). The standard InChI is InChI=1S/C27H38N8O/c1-20-5-6-21(2)24(19-20)33-17-15-32(16-18-33)12-4-11-28-27(36)23-9-13-34(14-10-23)26-8-7-25-30-29-22(3)35(25)31-26/h5-8,19,23H,4,9-18H2,1-3H3,(H,28,36). The summed E-state index contributed by atoms with van der Waals surface area (Å²) in [5.74, 6) is 1.99. The van der Waals surface area contributed by atoms with E-state index in [2.05, 4.69) is 67.4 Å². The van der Waals surface area contributed by atoms with Crippen molar-refractivity contribution in [2.24, 2.45) is 5.92 Å². The number of nitrogens with one attached hydrogen (secondary N) is 1. The third kappa shape index (κ3) is 5.46. The molecule has 0 aliphatic carbocycles. The van der Waals surface area contributed by atoms with E-state index < -0.39 is 0 Å². The lowest BCUT2D eigenvalue weighted by Crippen LogP contribution is -2.47. The number of carbonyl (C=O) groups is 1. The van der Waals surface area contributed by atoms with Gasteiger partial charge in [-0.15, -0.1) is 15.3 Å². The fourth-order valence-corrected chi connectivity index (χ4v) is 5.36. The van der Waals surface area contributed by atoms with Crippen LogP contribution in [0.25, 0.3) is 5.65 Å². The first-order valence-electron chi connectivity index (χ1n) is 13.2. The van der Waals surface area contributed by atoms with Crippen molar-refractivity contribution in [3.63, 3.8) is 0 Å². The second-order valence-corrected chi connectivity index (χ2v) is 10.2. The van der Waals surface area contributed by atoms with Gasteiger partial charge in [0.2, 0.25) is 5.91 Å². The number of amides is 1. The first-order valence-corrected chi connectivity index (χ1v) is 13.2. The molecule has 0 spiro atoms. The van der Waals surface area contributed by atoms with Gasteiger partial charge >= 0.3 is 0 Å². The van der Waals surface area contributed by atoms with Gasteiger partial charge in [-0.1, -0.05) is 12.1 Å². The van der Waals surface area contributed by atoms with E-state index in [9.17, 15) is 4.79 Å². The van der Waals surface area contributed by atoms with Crippen LogP contribution < -0.4 is 15.1 Å². The Balaban J connectivity index is 1.00. The predicted octanol–water partition coefficient (Wildman–Crippen LogP) is 2.59. The van der Waals surface area contributed by atoms with Crippen LogP contribution in [0.5, 0.6) is 0 Å². The molecule has 3 aromatic rings. The molecule has 9 nitrogen and oxygen atoms in total. The maximum atomic E-state index is 12.8. The zero-order valence-electron chi connectivity index (χ0n) is 21.8. The second-order valence-electron chi connectivity index (χ2n) is 10.2. The molecule has 9 heteroatoms. The van der Waals surface area contributed by atoms with Gasteiger partial charge in [-0.3, -0.25) is 9.69 Å². The Morgan fingerprint density at radius 3 is 2.50 bits per heavy atom. The summed E-state index contributed by atoms with van der Waals surface area (Å²) in [6.07, 6.45) is 2.70. The van der Waals surface area contributed by atoms with E-state index in [0.717, 1.165) is 88.9 Å². The summed E-state index contributed by atoms with van der Waals surface area (Å²) in [6.45, 7) is 14.0. The number of hydrogen-bond acceptors (Lipinski definition) is 7. The summed E-state index contributed by atoms with van der Waals surface area (Å²) >= 11 is 0. The van der Waals surface area contributed by atoms with Crippen molar-refractivity contribution in [3.05, 3.63) is 47.3 Å². The summed E-state index contributed by atoms with van der Waals surface area (Å²) in [5.41, 5.74) is 4.80. The number of carbonyl (C=O) groups excluding carboxylic acids is 1. The lowest BCUT2D eigenvalue weighted by molar-refractivity contribution is -0.125. The molecule has 1 N–H and O–H groups in total. The maximum Gasteiger partial charge on any atom is 0.223 e. The van der Waals surface area contributed by atoms with E-state index in [4.69, 9.17) is 0 Å². The van der Waals surface area contributed by atoms with Crippen LogP contribution in [0.3, 0.4) is 0 Å². The minimum absolute atomic E-state index is 0.0859. The van der Waals surface area contributed by atoms with Crippen LogP contribution in [0.4, 0.5) is 11.5 Å². The van der Waals surface area contributed by atoms with Crippen LogP contribution in [0, 0.1) is 26.7 Å². The maximum absolute atomic E-state index is 12.8. The van der Waals surface area contributed by atoms with Gasteiger partial charge in [0, 0.05) is 57.4 Å². The van der Waals surface area contributed by atoms with E-state index in [1.165, 1.54) is 16.8 Å². The van der Waals surface area contributed by atoms with Gasteiger partial charge in [-0.2, -0.15) is 4.52 Å². The molecule has 2 aromatic heterocycles. The Kier molecular flexibility index (Phi) is 7.36. The SMILES string of the molecule is Cc1ccc(C)c(N2CCN(CCCNC(=O)C3CCN(c4ccc5nnc(C)n5n4)CC3)CC2)c1. The van der Waals surface area contributed by atoms with E-state index in [0.29, 0.717) is 0 Å². The fourth-order valence-electron chi connectivity index (χ4n) is 5.36. The average Bonchev–Trinajstić information content (AvgIpc) is 3.28. The predicted molar refractivity (Wildman–Crippen MR) is 143 cm³/mol. The molecule has 2 fully saturated rings. The summed E-state index contributed by atoms with van der Waals surface area (Å²) in [6, 6.07) is 10.7. The van der Waals surface area contributed by atoms with Gasteiger partial charge in [0.05, 0.1) is 0 Å². The normalized spacial score (nSPS) is 17.6. The average molecular weight is 491 g/mol. The quantitative estimate of drug-likeness (QED) is 0.510. The van der Waals surface area contributed by atoms with Gasteiger partial charge in [-0.05, 0) is 75.9 Å². The first kappa shape index (κ1) is 24.5. The van der Waals surface area contributed by atoms with Gasteiger partial charge in [0.25, 0.3) is 0 Å². The van der Waals surface area contributed by atoms with E-state index in [1.54, 1.807) is 4.52 Å². The Morgan fingerprint density at radius 1 is 0.944 bits per heavy atom. The van der Waals surface area contributed by atoms with Crippen molar-refractivity contribution in [3.8, 4) is 0 Å². The smallest absolute Gasteiger partial charge is 0.223 e. The van der Waals surface area contributed by atoms with Gasteiger partial charge in [0.15, 0.2) is 11.5 Å². The van der Waals surface area contributed by atoms with Crippen LogP contribution in [0.1, 0.15) is 36.2 Å². The molecule has 4 heterocycles. The van der Waals surface area contributed by atoms with Crippen molar-refractivity contribution in [1.82, 2.24) is 30.0 Å². The highest BCUT2D eigenvalue weighted by molar-refractivity contribution is 5.78. The number of piperidine rings is 1. The Hall–Kier alpha value is -3.20. The third-order valence-corrected chi connectivity index (χ3v) is 7.62. The molecule has 1 aromatic carbocycles. The van der Waals surface area contributed by atoms with Crippen molar-refractivity contribution >= 4 is 23.1 Å². The summed E-state index contributed by atoms with van der Waals surface area (Å²) in [4.78, 5) is 20.0. The minimum atomic E-state index is 0.0859. The zero-order valence-corrected chi connectivity index (χ0v) is 21.8. The molecule has 192 valence electrons. The number of anilines is 2. The fraction of sp³-hybridized carbons (Fsp3) is 0.556. The van der Waals surface area contributed by atoms with Gasteiger partial charge in [0.1, 0.15) is 5.82 Å². The van der Waals surface area contributed by atoms with E-state index in [-0.39, 0.29) is 11.8 Å². The molecule has 0 atom stereocenters. The van der Waals surface area contributed by atoms with Crippen LogP contribution in [0.15, 0.2) is 30.3 Å².